The quantitative estimate of drug-likeness (QED) is 0.765. The molecule has 21 heavy (non-hydrogen) atoms. The summed E-state index contributed by atoms with van der Waals surface area (Å²) in [6.45, 7) is 0.884. The Morgan fingerprint density at radius 1 is 1.14 bits per heavy atom. The fourth-order valence-electron chi connectivity index (χ4n) is 2.48. The molecule has 0 bridgehead atoms. The van der Waals surface area contributed by atoms with Crippen LogP contribution in [0, 0.1) is 11.7 Å². The molecule has 0 spiro atoms. The van der Waals surface area contributed by atoms with Crippen LogP contribution < -0.4 is 5.32 Å². The molecule has 1 nitrogen and oxygen atoms in total. The first kappa shape index (κ1) is 16.5. The SMILES string of the molecule is CNCC(Cc1ccccc1Cl)Cc1ccc(F)cc1Br. The summed E-state index contributed by atoms with van der Waals surface area (Å²) in [5.41, 5.74) is 2.27. The summed E-state index contributed by atoms with van der Waals surface area (Å²) >= 11 is 9.68. The Kier molecular flexibility index (Phi) is 6.22. The van der Waals surface area contributed by atoms with E-state index >= 15 is 0 Å². The van der Waals surface area contributed by atoms with Gasteiger partial charge in [0.1, 0.15) is 5.82 Å². The smallest absolute Gasteiger partial charge is 0.124 e. The van der Waals surface area contributed by atoms with E-state index in [-0.39, 0.29) is 5.82 Å². The first-order valence-electron chi connectivity index (χ1n) is 6.92. The Morgan fingerprint density at radius 2 is 1.86 bits per heavy atom. The average molecular weight is 371 g/mol. The van der Waals surface area contributed by atoms with Gasteiger partial charge < -0.3 is 5.32 Å². The minimum absolute atomic E-state index is 0.220. The summed E-state index contributed by atoms with van der Waals surface area (Å²) in [6, 6.07) is 12.8. The second-order valence-electron chi connectivity index (χ2n) is 5.16. The molecule has 2 rings (SSSR count). The van der Waals surface area contributed by atoms with Crippen LogP contribution in [0.2, 0.25) is 5.02 Å². The molecule has 0 heterocycles. The zero-order valence-electron chi connectivity index (χ0n) is 11.9. The molecule has 2 aromatic carbocycles. The Hall–Kier alpha value is -0.900. The van der Waals surface area contributed by atoms with Crippen molar-refractivity contribution in [1.82, 2.24) is 5.32 Å². The maximum Gasteiger partial charge on any atom is 0.124 e. The second-order valence-corrected chi connectivity index (χ2v) is 6.42. The Bertz CT molecular complexity index is 603. The summed E-state index contributed by atoms with van der Waals surface area (Å²) in [5.74, 6) is 0.179. The van der Waals surface area contributed by atoms with Gasteiger partial charge in [0.15, 0.2) is 0 Å². The Balaban J connectivity index is 2.14. The van der Waals surface area contributed by atoms with E-state index in [4.69, 9.17) is 11.6 Å². The number of hydrogen-bond donors (Lipinski definition) is 1. The van der Waals surface area contributed by atoms with Crippen molar-refractivity contribution in [2.45, 2.75) is 12.8 Å². The van der Waals surface area contributed by atoms with Crippen molar-refractivity contribution in [3.05, 3.63) is 68.9 Å². The van der Waals surface area contributed by atoms with Gasteiger partial charge in [-0.3, -0.25) is 0 Å². The van der Waals surface area contributed by atoms with Crippen molar-refractivity contribution in [3.8, 4) is 0 Å². The first-order chi connectivity index (χ1) is 10.1. The topological polar surface area (TPSA) is 12.0 Å². The third-order valence-corrected chi connectivity index (χ3v) is 4.59. The third kappa shape index (κ3) is 4.80. The molecule has 0 aliphatic carbocycles. The van der Waals surface area contributed by atoms with Crippen molar-refractivity contribution >= 4 is 27.5 Å². The van der Waals surface area contributed by atoms with Crippen LogP contribution in [0.3, 0.4) is 0 Å². The van der Waals surface area contributed by atoms with E-state index < -0.39 is 0 Å². The first-order valence-corrected chi connectivity index (χ1v) is 8.09. The third-order valence-electron chi connectivity index (χ3n) is 3.48. The van der Waals surface area contributed by atoms with Crippen molar-refractivity contribution in [3.63, 3.8) is 0 Å². The van der Waals surface area contributed by atoms with E-state index in [0.717, 1.165) is 40.0 Å². The van der Waals surface area contributed by atoms with Gasteiger partial charge in [0.05, 0.1) is 0 Å². The molecule has 0 saturated carbocycles. The highest BCUT2D eigenvalue weighted by Gasteiger charge is 2.14. The molecule has 0 aliphatic rings. The molecule has 4 heteroatoms. The van der Waals surface area contributed by atoms with Crippen molar-refractivity contribution in [1.29, 1.82) is 0 Å². The normalized spacial score (nSPS) is 12.4. The van der Waals surface area contributed by atoms with Gasteiger partial charge in [-0.1, -0.05) is 51.8 Å². The van der Waals surface area contributed by atoms with Gasteiger partial charge in [0, 0.05) is 9.50 Å². The summed E-state index contributed by atoms with van der Waals surface area (Å²) in [5, 5.41) is 4.03. The largest absolute Gasteiger partial charge is 0.319 e. The van der Waals surface area contributed by atoms with Crippen molar-refractivity contribution < 1.29 is 4.39 Å². The maximum atomic E-state index is 13.2. The van der Waals surface area contributed by atoms with Crippen LogP contribution in [0.1, 0.15) is 11.1 Å². The number of rotatable bonds is 6. The van der Waals surface area contributed by atoms with Gasteiger partial charge in [-0.2, -0.15) is 0 Å². The molecule has 0 amide bonds. The average Bonchev–Trinajstić information content (AvgIpc) is 2.44. The summed E-state index contributed by atoms with van der Waals surface area (Å²) < 4.78 is 14.0. The van der Waals surface area contributed by atoms with E-state index in [1.807, 2.05) is 31.3 Å². The summed E-state index contributed by atoms with van der Waals surface area (Å²) in [4.78, 5) is 0. The fraction of sp³-hybridized carbons (Fsp3) is 0.294. The zero-order valence-corrected chi connectivity index (χ0v) is 14.2. The lowest BCUT2D eigenvalue weighted by molar-refractivity contribution is 0.492. The van der Waals surface area contributed by atoms with E-state index in [0.29, 0.717) is 5.92 Å². The molecule has 1 unspecified atom stereocenters. The van der Waals surface area contributed by atoms with E-state index in [1.165, 1.54) is 12.1 Å². The molecule has 0 aliphatic heterocycles. The maximum absolute atomic E-state index is 13.2. The Labute approximate surface area is 138 Å². The summed E-state index contributed by atoms with van der Waals surface area (Å²) in [6.07, 6.45) is 1.76. The van der Waals surface area contributed by atoms with Gasteiger partial charge in [-0.25, -0.2) is 4.39 Å². The van der Waals surface area contributed by atoms with Crippen LogP contribution in [-0.2, 0) is 12.8 Å². The molecule has 112 valence electrons. The van der Waals surface area contributed by atoms with Crippen LogP contribution in [0.4, 0.5) is 4.39 Å². The lowest BCUT2D eigenvalue weighted by Gasteiger charge is -2.18. The van der Waals surface area contributed by atoms with Crippen molar-refractivity contribution in [2.75, 3.05) is 13.6 Å². The minimum atomic E-state index is -0.220. The van der Waals surface area contributed by atoms with E-state index in [1.54, 1.807) is 0 Å². The number of halogens is 3. The molecule has 0 fully saturated rings. The van der Waals surface area contributed by atoms with Crippen LogP contribution in [0.25, 0.3) is 0 Å². The number of benzene rings is 2. The zero-order chi connectivity index (χ0) is 15.2. The molecule has 0 radical (unpaired) electrons. The highest BCUT2D eigenvalue weighted by molar-refractivity contribution is 9.10. The van der Waals surface area contributed by atoms with Crippen LogP contribution >= 0.6 is 27.5 Å². The van der Waals surface area contributed by atoms with Gasteiger partial charge in [-0.15, -0.1) is 0 Å². The van der Waals surface area contributed by atoms with Gasteiger partial charge in [0.2, 0.25) is 0 Å². The molecule has 2 aromatic rings. The predicted molar refractivity (Wildman–Crippen MR) is 90.4 cm³/mol. The molecule has 0 saturated heterocycles. The van der Waals surface area contributed by atoms with E-state index in [9.17, 15) is 4.39 Å². The Morgan fingerprint density at radius 3 is 2.52 bits per heavy atom. The molecule has 1 atom stereocenters. The standard InChI is InChI=1S/C17H18BrClFN/c1-21-11-12(9-14-4-2-3-5-17(14)19)8-13-6-7-15(20)10-16(13)18/h2-7,10,12,21H,8-9,11H2,1H3. The van der Waals surface area contributed by atoms with Crippen molar-refractivity contribution in [2.24, 2.45) is 5.92 Å². The molecular weight excluding hydrogens is 353 g/mol. The lowest BCUT2D eigenvalue weighted by Crippen LogP contribution is -2.23. The fourth-order valence-corrected chi connectivity index (χ4v) is 3.20. The molecular formula is C17H18BrClFN. The monoisotopic (exact) mass is 369 g/mol. The number of nitrogens with one attached hydrogen (secondary N) is 1. The highest BCUT2D eigenvalue weighted by atomic mass is 79.9. The van der Waals surface area contributed by atoms with E-state index in [2.05, 4.69) is 27.3 Å². The van der Waals surface area contributed by atoms with Gasteiger partial charge >= 0.3 is 0 Å². The van der Waals surface area contributed by atoms with Crippen LogP contribution in [0.5, 0.6) is 0 Å². The second kappa shape index (κ2) is 7.92. The minimum Gasteiger partial charge on any atom is -0.319 e. The molecule has 0 aromatic heterocycles. The number of hydrogen-bond acceptors (Lipinski definition) is 1. The molecule has 1 N–H and O–H groups in total. The van der Waals surface area contributed by atoms with Gasteiger partial charge in [0.25, 0.3) is 0 Å². The van der Waals surface area contributed by atoms with Crippen LogP contribution in [0.15, 0.2) is 46.9 Å². The van der Waals surface area contributed by atoms with Gasteiger partial charge in [-0.05, 0) is 61.7 Å². The highest BCUT2D eigenvalue weighted by Crippen LogP contribution is 2.25. The predicted octanol–water partition coefficient (Wildman–Crippen LogP) is 4.86. The van der Waals surface area contributed by atoms with Crippen LogP contribution in [-0.4, -0.2) is 13.6 Å². The lowest BCUT2D eigenvalue weighted by atomic mass is 9.92. The summed E-state index contributed by atoms with van der Waals surface area (Å²) in [7, 11) is 1.94.